The SMILES string of the molecule is CCNc1nc(Nc2cc(C#N)cc(N3CCC(NC(=O)OC)C(OC(=O)C[C@H](N)CC(C)C)C3)c2Cl)nn2c(C#N)cnc12. The van der Waals surface area contributed by atoms with Gasteiger partial charge in [-0.3, -0.25) is 4.79 Å². The quantitative estimate of drug-likeness (QED) is 0.223. The number of carbonyl (C=O) groups is 2. The first-order valence-electron chi connectivity index (χ1n) is 14.5. The number of nitrogens with two attached hydrogens (primary N) is 1. The van der Waals surface area contributed by atoms with Crippen LogP contribution >= 0.6 is 11.6 Å². The molecule has 1 aliphatic rings. The molecule has 1 amide bonds. The number of nitriles is 2. The molecule has 45 heavy (non-hydrogen) atoms. The predicted octanol–water partition coefficient (Wildman–Crippen LogP) is 3.31. The molecule has 0 spiro atoms. The van der Waals surface area contributed by atoms with Gasteiger partial charge in [0.2, 0.25) is 5.95 Å². The monoisotopic (exact) mass is 637 g/mol. The maximum absolute atomic E-state index is 12.9. The van der Waals surface area contributed by atoms with Crippen molar-refractivity contribution < 1.29 is 19.1 Å². The smallest absolute Gasteiger partial charge is 0.407 e. The average molecular weight is 638 g/mol. The number of carbonyl (C=O) groups excluding carboxylic acids is 2. The van der Waals surface area contributed by atoms with E-state index in [0.29, 0.717) is 60.3 Å². The normalized spacial score (nSPS) is 16.9. The summed E-state index contributed by atoms with van der Waals surface area (Å²) in [4.78, 5) is 35.6. The van der Waals surface area contributed by atoms with Crippen LogP contribution in [0.25, 0.3) is 5.65 Å². The van der Waals surface area contributed by atoms with E-state index in [4.69, 9.17) is 26.8 Å². The molecule has 238 valence electrons. The fourth-order valence-electron chi connectivity index (χ4n) is 5.16. The van der Waals surface area contributed by atoms with Gasteiger partial charge in [-0.1, -0.05) is 25.4 Å². The van der Waals surface area contributed by atoms with Crippen molar-refractivity contribution in [3.05, 3.63) is 34.6 Å². The number of anilines is 4. The van der Waals surface area contributed by atoms with E-state index in [2.05, 4.69) is 37.1 Å². The molecule has 2 unspecified atom stereocenters. The summed E-state index contributed by atoms with van der Waals surface area (Å²) in [7, 11) is 1.26. The molecule has 1 saturated heterocycles. The van der Waals surface area contributed by atoms with Gasteiger partial charge >= 0.3 is 12.1 Å². The zero-order valence-electron chi connectivity index (χ0n) is 25.5. The van der Waals surface area contributed by atoms with Gasteiger partial charge in [-0.25, -0.2) is 9.78 Å². The minimum Gasteiger partial charge on any atom is -0.458 e. The van der Waals surface area contributed by atoms with Crippen molar-refractivity contribution in [1.29, 1.82) is 10.5 Å². The maximum atomic E-state index is 12.9. The number of amides is 1. The van der Waals surface area contributed by atoms with Crippen molar-refractivity contribution in [1.82, 2.24) is 24.9 Å². The standard InChI is InChI=1S/C29H36ClN11O4/c1-5-34-26-27-35-14-19(13-32)41(27)39-28(38-26)36-21-9-17(12-31)10-22(25(21)30)40-7-6-20(37-29(43)44-4)23(15-40)45-24(42)11-18(33)8-16(2)3/h9-10,14,16,18,20,23H,5-8,11,15,33H2,1-4H3,(H,37,43)(H2,34,36,38,39)/t18-,20?,23?/m1/s1. The van der Waals surface area contributed by atoms with Gasteiger partial charge in [0.15, 0.2) is 17.2 Å². The lowest BCUT2D eigenvalue weighted by molar-refractivity contribution is -0.151. The lowest BCUT2D eigenvalue weighted by Crippen LogP contribution is -2.56. The Bertz CT molecular complexity index is 1630. The highest BCUT2D eigenvalue weighted by Gasteiger charge is 2.35. The molecule has 5 N–H and O–H groups in total. The summed E-state index contributed by atoms with van der Waals surface area (Å²) >= 11 is 6.92. The topological polar surface area (TPSA) is 209 Å². The third kappa shape index (κ3) is 8.00. The molecule has 0 aliphatic carbocycles. The third-order valence-corrected chi connectivity index (χ3v) is 7.52. The van der Waals surface area contributed by atoms with E-state index in [1.165, 1.54) is 17.8 Å². The van der Waals surface area contributed by atoms with Gasteiger partial charge in [-0.15, -0.1) is 5.10 Å². The van der Waals surface area contributed by atoms with Crippen molar-refractivity contribution in [3.8, 4) is 12.1 Å². The molecule has 16 heteroatoms. The summed E-state index contributed by atoms with van der Waals surface area (Å²) in [5.74, 6) is 0.356. The summed E-state index contributed by atoms with van der Waals surface area (Å²) in [5.41, 5.74) is 7.87. The first-order valence-corrected chi connectivity index (χ1v) is 14.9. The van der Waals surface area contributed by atoms with E-state index in [0.717, 1.165) is 0 Å². The number of nitrogens with zero attached hydrogens (tertiary/aromatic N) is 7. The number of benzene rings is 1. The van der Waals surface area contributed by atoms with E-state index in [-0.39, 0.29) is 35.7 Å². The Morgan fingerprint density at radius 1 is 1.27 bits per heavy atom. The third-order valence-electron chi connectivity index (χ3n) is 7.12. The molecule has 3 heterocycles. The highest BCUT2D eigenvalue weighted by Crippen LogP contribution is 2.37. The molecule has 3 aromatic rings. The van der Waals surface area contributed by atoms with Crippen LogP contribution in [-0.2, 0) is 14.3 Å². The van der Waals surface area contributed by atoms with Crippen molar-refractivity contribution in [2.24, 2.45) is 11.7 Å². The van der Waals surface area contributed by atoms with Gasteiger partial charge in [0.05, 0.1) is 60.3 Å². The Labute approximate surface area is 265 Å². The van der Waals surface area contributed by atoms with Crippen molar-refractivity contribution in [3.63, 3.8) is 0 Å². The molecule has 1 aromatic carbocycles. The van der Waals surface area contributed by atoms with Gasteiger partial charge in [0, 0.05) is 19.1 Å². The fraction of sp³-hybridized carbons (Fsp3) is 0.483. The Balaban J connectivity index is 1.64. The minimum atomic E-state index is -0.756. The molecule has 1 fully saturated rings. The predicted molar refractivity (Wildman–Crippen MR) is 167 cm³/mol. The Kier molecular flexibility index (Phi) is 10.8. The van der Waals surface area contributed by atoms with Crippen LogP contribution in [0, 0.1) is 28.6 Å². The Morgan fingerprint density at radius 3 is 2.71 bits per heavy atom. The zero-order valence-corrected chi connectivity index (χ0v) is 26.3. The van der Waals surface area contributed by atoms with Crippen molar-refractivity contribution >= 4 is 52.5 Å². The summed E-state index contributed by atoms with van der Waals surface area (Å²) in [6, 6.07) is 6.51. The number of piperidine rings is 1. The van der Waals surface area contributed by atoms with Crippen LogP contribution in [0.1, 0.15) is 51.3 Å². The highest BCUT2D eigenvalue weighted by molar-refractivity contribution is 6.36. The van der Waals surface area contributed by atoms with Crippen LogP contribution in [0.15, 0.2) is 18.3 Å². The summed E-state index contributed by atoms with van der Waals surface area (Å²) in [6.07, 6.45) is 1.08. The molecular formula is C29H36ClN11O4. The molecule has 3 atom stereocenters. The van der Waals surface area contributed by atoms with Gasteiger partial charge in [0.1, 0.15) is 12.2 Å². The number of ether oxygens (including phenoxy) is 2. The number of methoxy groups -OCH3 is 1. The largest absolute Gasteiger partial charge is 0.458 e. The number of alkyl carbamates (subject to hydrolysis) is 1. The number of aromatic nitrogens is 4. The van der Waals surface area contributed by atoms with Gasteiger partial charge in [-0.2, -0.15) is 20.0 Å². The van der Waals surface area contributed by atoms with E-state index in [9.17, 15) is 20.1 Å². The second kappa shape index (κ2) is 14.7. The molecule has 2 aromatic heterocycles. The first-order chi connectivity index (χ1) is 21.6. The Hall–Kier alpha value is -4.86. The second-order valence-electron chi connectivity index (χ2n) is 11.0. The van der Waals surface area contributed by atoms with E-state index in [1.807, 2.05) is 31.7 Å². The number of hydrogen-bond acceptors (Lipinski definition) is 13. The summed E-state index contributed by atoms with van der Waals surface area (Å²) < 4.78 is 12.0. The van der Waals surface area contributed by atoms with E-state index >= 15 is 0 Å². The van der Waals surface area contributed by atoms with Crippen LogP contribution in [-0.4, -0.2) is 76.6 Å². The lowest BCUT2D eigenvalue weighted by Gasteiger charge is -2.39. The number of halogens is 1. The first kappa shape index (κ1) is 33.0. The highest BCUT2D eigenvalue weighted by atomic mass is 35.5. The fourth-order valence-corrected chi connectivity index (χ4v) is 5.44. The van der Waals surface area contributed by atoms with Crippen LogP contribution in [0.5, 0.6) is 0 Å². The molecule has 1 aliphatic heterocycles. The molecule has 4 rings (SSSR count). The van der Waals surface area contributed by atoms with Crippen molar-refractivity contribution in [2.45, 2.75) is 58.2 Å². The van der Waals surface area contributed by atoms with Crippen LogP contribution in [0.4, 0.5) is 27.9 Å². The van der Waals surface area contributed by atoms with E-state index < -0.39 is 24.2 Å². The number of nitrogens with one attached hydrogen (secondary N) is 3. The molecule has 15 nitrogen and oxygen atoms in total. The van der Waals surface area contributed by atoms with Gasteiger partial charge < -0.3 is 36.1 Å². The van der Waals surface area contributed by atoms with Gasteiger partial charge in [-0.05, 0) is 37.8 Å². The molecule has 0 radical (unpaired) electrons. The minimum absolute atomic E-state index is 0.0298. The number of hydrogen-bond donors (Lipinski definition) is 4. The second-order valence-corrected chi connectivity index (χ2v) is 11.4. The zero-order chi connectivity index (χ0) is 32.7. The summed E-state index contributed by atoms with van der Waals surface area (Å²) in [5, 5.41) is 33.0. The molecule has 0 saturated carbocycles. The lowest BCUT2D eigenvalue weighted by atomic mass is 9.99. The Morgan fingerprint density at radius 2 is 2.04 bits per heavy atom. The number of rotatable bonds is 11. The van der Waals surface area contributed by atoms with E-state index in [1.54, 1.807) is 12.1 Å². The molecular weight excluding hydrogens is 602 g/mol. The average Bonchev–Trinajstić information content (AvgIpc) is 3.42. The van der Waals surface area contributed by atoms with Crippen LogP contribution in [0.3, 0.4) is 0 Å². The number of imidazole rings is 1. The summed E-state index contributed by atoms with van der Waals surface area (Å²) in [6.45, 7) is 7.07. The number of fused-ring (bicyclic) bond motifs is 1. The molecule has 0 bridgehead atoms. The van der Waals surface area contributed by atoms with Crippen LogP contribution < -0.4 is 26.6 Å². The maximum Gasteiger partial charge on any atom is 0.407 e. The van der Waals surface area contributed by atoms with Crippen LogP contribution in [0.2, 0.25) is 5.02 Å². The van der Waals surface area contributed by atoms with Crippen molar-refractivity contribution in [2.75, 3.05) is 42.3 Å². The number of esters is 1. The van der Waals surface area contributed by atoms with Gasteiger partial charge in [0.25, 0.3) is 0 Å².